The van der Waals surface area contributed by atoms with Crippen molar-refractivity contribution in [1.82, 2.24) is 14.9 Å². The van der Waals surface area contributed by atoms with Crippen LogP contribution < -0.4 is 10.9 Å². The number of amides is 1. The third-order valence-corrected chi connectivity index (χ3v) is 3.77. The van der Waals surface area contributed by atoms with Gasteiger partial charge < -0.3 is 5.32 Å². The van der Waals surface area contributed by atoms with E-state index in [9.17, 15) is 18.4 Å². The Balaban J connectivity index is 1.62. The number of hydrogen-bond donors (Lipinski definition) is 1. The molecular weight excluding hydrogens is 340 g/mol. The summed E-state index contributed by atoms with van der Waals surface area (Å²) < 4.78 is 27.4. The minimum atomic E-state index is -1.09. The highest BCUT2D eigenvalue weighted by Crippen LogP contribution is 2.13. The van der Waals surface area contributed by atoms with Crippen molar-refractivity contribution in [2.45, 2.75) is 6.54 Å². The zero-order chi connectivity index (χ0) is 18.5. The van der Waals surface area contributed by atoms with Crippen LogP contribution >= 0.6 is 0 Å². The largest absolute Gasteiger partial charge is 0.350 e. The van der Waals surface area contributed by atoms with Crippen molar-refractivity contribution in [3.05, 3.63) is 88.5 Å². The van der Waals surface area contributed by atoms with E-state index in [1.165, 1.54) is 23.0 Å². The summed E-state index contributed by atoms with van der Waals surface area (Å²) in [5, 5.41) is 2.55. The van der Waals surface area contributed by atoms with Gasteiger partial charge in [0.15, 0.2) is 11.6 Å². The first kappa shape index (κ1) is 17.5. The second kappa shape index (κ2) is 7.69. The molecule has 0 aliphatic rings. The van der Waals surface area contributed by atoms with Gasteiger partial charge in [-0.25, -0.2) is 13.8 Å². The molecule has 5 nitrogen and oxygen atoms in total. The van der Waals surface area contributed by atoms with E-state index in [2.05, 4.69) is 10.3 Å². The van der Waals surface area contributed by atoms with Crippen LogP contribution in [0.5, 0.6) is 0 Å². The van der Waals surface area contributed by atoms with Crippen molar-refractivity contribution in [3.8, 4) is 11.3 Å². The average Bonchev–Trinajstić information content (AvgIpc) is 2.66. The van der Waals surface area contributed by atoms with E-state index in [1.807, 2.05) is 30.3 Å². The van der Waals surface area contributed by atoms with Gasteiger partial charge in [0.1, 0.15) is 0 Å². The van der Waals surface area contributed by atoms with E-state index in [1.54, 1.807) is 0 Å². The summed E-state index contributed by atoms with van der Waals surface area (Å²) in [4.78, 5) is 28.3. The second-order valence-electron chi connectivity index (χ2n) is 5.56. The van der Waals surface area contributed by atoms with Crippen LogP contribution in [0.3, 0.4) is 0 Å². The fourth-order valence-corrected chi connectivity index (χ4v) is 2.39. The minimum Gasteiger partial charge on any atom is -0.350 e. The Morgan fingerprint density at radius 2 is 1.81 bits per heavy atom. The molecule has 0 spiro atoms. The number of nitrogens with zero attached hydrogens (tertiary/aromatic N) is 2. The van der Waals surface area contributed by atoms with Crippen LogP contribution in [0, 0.1) is 11.6 Å². The molecule has 0 bridgehead atoms. The number of nitrogens with one attached hydrogen (secondary N) is 1. The lowest BCUT2D eigenvalue weighted by molar-refractivity contribution is 0.0951. The summed E-state index contributed by atoms with van der Waals surface area (Å²) >= 11 is 0. The topological polar surface area (TPSA) is 64.0 Å². The molecule has 132 valence electrons. The van der Waals surface area contributed by atoms with Crippen LogP contribution in [0.2, 0.25) is 0 Å². The van der Waals surface area contributed by atoms with Gasteiger partial charge >= 0.3 is 0 Å². The molecule has 26 heavy (non-hydrogen) atoms. The Hall–Kier alpha value is -3.35. The van der Waals surface area contributed by atoms with E-state index < -0.39 is 17.5 Å². The predicted octanol–water partition coefficient (Wildman–Crippen LogP) is 2.62. The first-order chi connectivity index (χ1) is 12.5. The molecule has 0 fully saturated rings. The SMILES string of the molecule is O=C(NCCn1cnc(-c2ccccc2)cc1=O)c1ccc(F)c(F)c1. The number of hydrogen-bond acceptors (Lipinski definition) is 3. The molecule has 1 heterocycles. The number of rotatable bonds is 5. The molecule has 2 aromatic carbocycles. The van der Waals surface area contributed by atoms with Crippen LogP contribution in [0.4, 0.5) is 8.78 Å². The van der Waals surface area contributed by atoms with Crippen LogP contribution in [0.15, 0.2) is 65.7 Å². The Morgan fingerprint density at radius 3 is 2.50 bits per heavy atom. The number of benzene rings is 2. The number of carbonyl (C=O) groups is 1. The van der Waals surface area contributed by atoms with Gasteiger partial charge in [-0.1, -0.05) is 30.3 Å². The third-order valence-electron chi connectivity index (χ3n) is 3.77. The summed E-state index contributed by atoms with van der Waals surface area (Å²) in [6, 6.07) is 13.6. The van der Waals surface area contributed by atoms with E-state index >= 15 is 0 Å². The van der Waals surface area contributed by atoms with Crippen molar-refractivity contribution in [1.29, 1.82) is 0 Å². The smallest absolute Gasteiger partial charge is 0.253 e. The summed E-state index contributed by atoms with van der Waals surface area (Å²) in [5.74, 6) is -2.65. The van der Waals surface area contributed by atoms with Crippen molar-refractivity contribution in [3.63, 3.8) is 0 Å². The van der Waals surface area contributed by atoms with Crippen LogP contribution in [-0.2, 0) is 6.54 Å². The second-order valence-corrected chi connectivity index (χ2v) is 5.56. The van der Waals surface area contributed by atoms with Crippen molar-refractivity contribution >= 4 is 5.91 Å². The molecule has 3 aromatic rings. The van der Waals surface area contributed by atoms with Crippen LogP contribution in [0.1, 0.15) is 10.4 Å². The fourth-order valence-electron chi connectivity index (χ4n) is 2.39. The molecule has 7 heteroatoms. The zero-order valence-electron chi connectivity index (χ0n) is 13.7. The Morgan fingerprint density at radius 1 is 1.04 bits per heavy atom. The van der Waals surface area contributed by atoms with Gasteiger partial charge in [-0.15, -0.1) is 0 Å². The Labute approximate surface area is 147 Å². The molecule has 0 atom stereocenters. The summed E-state index contributed by atoms with van der Waals surface area (Å²) in [5.41, 5.74) is 1.16. The normalized spacial score (nSPS) is 10.5. The molecule has 0 saturated carbocycles. The quantitative estimate of drug-likeness (QED) is 0.765. The van der Waals surface area contributed by atoms with Gasteiger partial charge in [-0.3, -0.25) is 14.2 Å². The summed E-state index contributed by atoms with van der Waals surface area (Å²) in [6.45, 7) is 0.348. The van der Waals surface area contributed by atoms with Gasteiger partial charge in [0.2, 0.25) is 0 Å². The minimum absolute atomic E-state index is 0.00815. The Kier molecular flexibility index (Phi) is 5.17. The first-order valence-electron chi connectivity index (χ1n) is 7.90. The monoisotopic (exact) mass is 355 g/mol. The lowest BCUT2D eigenvalue weighted by Crippen LogP contribution is -2.30. The zero-order valence-corrected chi connectivity index (χ0v) is 13.7. The van der Waals surface area contributed by atoms with E-state index in [0.717, 1.165) is 17.7 Å². The molecule has 0 aliphatic carbocycles. The number of aromatic nitrogens is 2. The van der Waals surface area contributed by atoms with Gasteiger partial charge in [0, 0.05) is 30.3 Å². The van der Waals surface area contributed by atoms with Gasteiger partial charge in [-0.05, 0) is 18.2 Å². The standard InChI is InChI=1S/C19H15F2N3O2/c20-15-7-6-14(10-16(15)21)19(26)22-8-9-24-12-23-17(11-18(24)25)13-4-2-1-3-5-13/h1-7,10-12H,8-9H2,(H,22,26). The summed E-state index contributed by atoms with van der Waals surface area (Å²) in [6.07, 6.45) is 1.41. The lowest BCUT2D eigenvalue weighted by Gasteiger charge is -2.08. The molecule has 0 saturated heterocycles. The van der Waals surface area contributed by atoms with Gasteiger partial charge in [0.05, 0.1) is 12.0 Å². The van der Waals surface area contributed by atoms with E-state index in [4.69, 9.17) is 0 Å². The highest BCUT2D eigenvalue weighted by atomic mass is 19.2. The molecule has 0 radical (unpaired) electrons. The molecule has 0 unspecified atom stereocenters. The third kappa shape index (κ3) is 4.00. The molecular formula is C19H15F2N3O2. The maximum Gasteiger partial charge on any atom is 0.253 e. The van der Waals surface area contributed by atoms with Gasteiger partial charge in [-0.2, -0.15) is 0 Å². The van der Waals surface area contributed by atoms with Gasteiger partial charge in [0.25, 0.3) is 11.5 Å². The molecule has 1 amide bonds. The van der Waals surface area contributed by atoms with Crippen molar-refractivity contribution < 1.29 is 13.6 Å². The highest BCUT2D eigenvalue weighted by Gasteiger charge is 2.09. The lowest BCUT2D eigenvalue weighted by atomic mass is 10.1. The molecule has 3 rings (SSSR count). The average molecular weight is 355 g/mol. The predicted molar refractivity (Wildman–Crippen MR) is 92.6 cm³/mol. The maximum atomic E-state index is 13.1. The first-order valence-corrected chi connectivity index (χ1v) is 7.90. The molecule has 1 N–H and O–H groups in total. The fraction of sp³-hybridized carbons (Fsp3) is 0.105. The Bertz CT molecular complexity index is 988. The summed E-state index contributed by atoms with van der Waals surface area (Å²) in [7, 11) is 0. The van der Waals surface area contributed by atoms with E-state index in [0.29, 0.717) is 5.69 Å². The van der Waals surface area contributed by atoms with Crippen molar-refractivity contribution in [2.75, 3.05) is 6.54 Å². The van der Waals surface area contributed by atoms with Crippen LogP contribution in [-0.4, -0.2) is 22.0 Å². The molecule has 1 aromatic heterocycles. The van der Waals surface area contributed by atoms with E-state index in [-0.39, 0.29) is 24.2 Å². The number of carbonyl (C=O) groups excluding carboxylic acids is 1. The van der Waals surface area contributed by atoms with Crippen molar-refractivity contribution in [2.24, 2.45) is 0 Å². The number of halogens is 2. The van der Waals surface area contributed by atoms with Crippen LogP contribution in [0.25, 0.3) is 11.3 Å². The highest BCUT2D eigenvalue weighted by molar-refractivity contribution is 5.94. The maximum absolute atomic E-state index is 13.1. The molecule has 0 aliphatic heterocycles.